The van der Waals surface area contributed by atoms with Gasteiger partial charge in [0.15, 0.2) is 8.29 Å². The molecule has 0 aliphatic rings. The Hall–Kier alpha value is -1.72. The number of benzene rings is 1. The molecule has 0 spiro atoms. The van der Waals surface area contributed by atoms with Gasteiger partial charge in [-0.25, -0.2) is 4.68 Å². The monoisotopic (exact) mass is 456 g/mol. The zero-order chi connectivity index (χ0) is 19.6. The van der Waals surface area contributed by atoms with E-state index in [0.29, 0.717) is 23.9 Å². The molecule has 6 nitrogen and oxygen atoms in total. The Morgan fingerprint density at radius 2 is 2.04 bits per heavy atom. The van der Waals surface area contributed by atoms with Crippen LogP contribution in [-0.2, 0) is 4.79 Å². The minimum absolute atomic E-state index is 0.246. The Bertz CT molecular complexity index is 1040. The van der Waals surface area contributed by atoms with Crippen LogP contribution in [0.1, 0.15) is 17.3 Å². The van der Waals surface area contributed by atoms with Gasteiger partial charge in [0, 0.05) is 5.02 Å². The van der Waals surface area contributed by atoms with Gasteiger partial charge in [-0.1, -0.05) is 34.7 Å². The van der Waals surface area contributed by atoms with Crippen LogP contribution in [-0.4, -0.2) is 26.8 Å². The second-order valence-electron chi connectivity index (χ2n) is 5.30. The van der Waals surface area contributed by atoms with Gasteiger partial charge in [0.1, 0.15) is 5.00 Å². The number of anilines is 1. The predicted molar refractivity (Wildman–Crippen MR) is 114 cm³/mol. The summed E-state index contributed by atoms with van der Waals surface area (Å²) in [6, 6.07) is 8.76. The van der Waals surface area contributed by atoms with E-state index in [1.165, 1.54) is 34.4 Å². The number of aromatic nitrogens is 2. The molecule has 0 bridgehead atoms. The number of rotatable bonds is 6. The lowest BCUT2D eigenvalue weighted by atomic mass is 10.3. The molecule has 3 N–H and O–H groups in total. The number of amides is 2. The molecule has 27 heavy (non-hydrogen) atoms. The van der Waals surface area contributed by atoms with E-state index in [0.717, 1.165) is 5.69 Å². The zero-order valence-corrected chi connectivity index (χ0v) is 17.9. The molecule has 1 aromatic carbocycles. The molecule has 2 amide bonds. The number of thiophene rings is 1. The number of hydrogen-bond donors (Lipinski definition) is 2. The van der Waals surface area contributed by atoms with Crippen LogP contribution in [0.15, 0.2) is 40.1 Å². The van der Waals surface area contributed by atoms with Crippen LogP contribution in [0.2, 0.25) is 5.02 Å². The Kier molecular flexibility index (Phi) is 6.33. The fraction of sp³-hybridized carbons (Fsp3) is 0.125. The highest BCUT2D eigenvalue weighted by Gasteiger charge is 2.20. The fourth-order valence-electron chi connectivity index (χ4n) is 2.07. The van der Waals surface area contributed by atoms with Gasteiger partial charge in [0.05, 0.1) is 16.5 Å². The van der Waals surface area contributed by atoms with E-state index in [-0.39, 0.29) is 5.91 Å². The van der Waals surface area contributed by atoms with Crippen molar-refractivity contribution >= 4 is 75.1 Å². The van der Waals surface area contributed by atoms with Gasteiger partial charge in [-0.05, 0) is 54.9 Å². The maximum atomic E-state index is 12.4. The van der Waals surface area contributed by atoms with Crippen molar-refractivity contribution in [1.82, 2.24) is 9.78 Å². The number of halogens is 1. The molecule has 140 valence electrons. The van der Waals surface area contributed by atoms with Crippen LogP contribution >= 0.6 is 58.3 Å². The molecule has 0 saturated heterocycles. The standard InChI is InChI=1S/C16H13ClN4O2S4/c1-8(13(23)19-14-11(12(18)22)6-7-25-14)26-15-20-21(16(24)27-15)10-4-2-9(17)3-5-10/h2-8H,1H3,(H2,18,22)(H,19,23)/t8-/m0/s1. The molecule has 0 unspecified atom stereocenters. The number of carbonyl (C=O) groups is 2. The summed E-state index contributed by atoms with van der Waals surface area (Å²) >= 11 is 15.1. The largest absolute Gasteiger partial charge is 0.366 e. The lowest BCUT2D eigenvalue weighted by Gasteiger charge is -2.09. The summed E-state index contributed by atoms with van der Waals surface area (Å²) in [5.74, 6) is -0.823. The second-order valence-corrected chi connectivity index (χ2v) is 9.86. The number of nitrogens with one attached hydrogen (secondary N) is 1. The Morgan fingerprint density at radius 3 is 2.70 bits per heavy atom. The van der Waals surface area contributed by atoms with Crippen LogP contribution < -0.4 is 11.1 Å². The molecule has 0 radical (unpaired) electrons. The average molecular weight is 457 g/mol. The van der Waals surface area contributed by atoms with Gasteiger partial charge in [-0.15, -0.1) is 16.4 Å². The van der Waals surface area contributed by atoms with E-state index in [1.807, 2.05) is 12.1 Å². The van der Waals surface area contributed by atoms with E-state index in [9.17, 15) is 9.59 Å². The lowest BCUT2D eigenvalue weighted by Crippen LogP contribution is -2.23. The lowest BCUT2D eigenvalue weighted by molar-refractivity contribution is -0.115. The van der Waals surface area contributed by atoms with E-state index in [1.54, 1.807) is 35.2 Å². The van der Waals surface area contributed by atoms with Crippen molar-refractivity contribution in [3.8, 4) is 5.69 Å². The molecule has 3 aromatic rings. The van der Waals surface area contributed by atoms with Crippen LogP contribution in [0.25, 0.3) is 5.69 Å². The summed E-state index contributed by atoms with van der Waals surface area (Å²) in [7, 11) is 0. The van der Waals surface area contributed by atoms with Crippen molar-refractivity contribution in [1.29, 1.82) is 0 Å². The summed E-state index contributed by atoms with van der Waals surface area (Å²) in [5.41, 5.74) is 6.40. The zero-order valence-electron chi connectivity index (χ0n) is 13.8. The van der Waals surface area contributed by atoms with Crippen LogP contribution in [0.5, 0.6) is 0 Å². The van der Waals surface area contributed by atoms with Crippen molar-refractivity contribution in [3.63, 3.8) is 0 Å². The fourth-order valence-corrected chi connectivity index (χ4v) is 5.50. The van der Waals surface area contributed by atoms with E-state index in [2.05, 4.69) is 10.4 Å². The van der Waals surface area contributed by atoms with E-state index in [4.69, 9.17) is 29.6 Å². The molecular formula is C16H13ClN4O2S4. The SMILES string of the molecule is C[C@H](Sc1nn(-c2ccc(Cl)cc2)c(=S)s1)C(=O)Nc1sccc1C(N)=O. The number of carbonyl (C=O) groups excluding carboxylic acids is 2. The first-order valence-corrected chi connectivity index (χ1v) is 10.9. The maximum absolute atomic E-state index is 12.4. The van der Waals surface area contributed by atoms with Crippen molar-refractivity contribution in [2.45, 2.75) is 16.5 Å². The van der Waals surface area contributed by atoms with Crippen molar-refractivity contribution in [3.05, 3.63) is 50.3 Å². The molecule has 11 heteroatoms. The normalized spacial score (nSPS) is 11.9. The van der Waals surface area contributed by atoms with Gasteiger partial charge in [-0.2, -0.15) is 0 Å². The molecule has 3 rings (SSSR count). The summed E-state index contributed by atoms with van der Waals surface area (Å²) in [4.78, 5) is 23.8. The minimum atomic E-state index is -0.577. The summed E-state index contributed by atoms with van der Waals surface area (Å²) in [6.45, 7) is 1.76. The summed E-state index contributed by atoms with van der Waals surface area (Å²) in [5, 5.41) is 9.55. The first-order chi connectivity index (χ1) is 12.8. The number of primary amides is 1. The Balaban J connectivity index is 1.71. The average Bonchev–Trinajstić information content (AvgIpc) is 3.22. The van der Waals surface area contributed by atoms with E-state index >= 15 is 0 Å². The Labute approximate surface area is 177 Å². The third-order valence-corrected chi connectivity index (χ3v) is 6.91. The number of nitrogens with zero attached hydrogens (tertiary/aromatic N) is 2. The second kappa shape index (κ2) is 8.53. The molecule has 0 fully saturated rings. The van der Waals surface area contributed by atoms with Gasteiger partial charge in [0.2, 0.25) is 5.91 Å². The highest BCUT2D eigenvalue weighted by atomic mass is 35.5. The molecule has 2 aromatic heterocycles. The van der Waals surface area contributed by atoms with E-state index < -0.39 is 11.2 Å². The number of nitrogens with two attached hydrogens (primary N) is 1. The molecule has 0 aliphatic carbocycles. The van der Waals surface area contributed by atoms with Gasteiger partial charge >= 0.3 is 0 Å². The highest BCUT2D eigenvalue weighted by molar-refractivity contribution is 8.02. The topological polar surface area (TPSA) is 90.0 Å². The molecule has 0 saturated carbocycles. The molecule has 0 aliphatic heterocycles. The van der Waals surface area contributed by atoms with Crippen molar-refractivity contribution < 1.29 is 9.59 Å². The molecule has 2 heterocycles. The quantitative estimate of drug-likeness (QED) is 0.418. The van der Waals surface area contributed by atoms with Crippen LogP contribution in [0.4, 0.5) is 5.00 Å². The van der Waals surface area contributed by atoms with Crippen LogP contribution in [0.3, 0.4) is 0 Å². The Morgan fingerprint density at radius 1 is 1.33 bits per heavy atom. The molecule has 1 atom stereocenters. The maximum Gasteiger partial charge on any atom is 0.251 e. The first kappa shape index (κ1) is 20.0. The minimum Gasteiger partial charge on any atom is -0.366 e. The van der Waals surface area contributed by atoms with Gasteiger partial charge < -0.3 is 11.1 Å². The summed E-state index contributed by atoms with van der Waals surface area (Å²) in [6.07, 6.45) is 0. The smallest absolute Gasteiger partial charge is 0.251 e. The molecular weight excluding hydrogens is 444 g/mol. The number of hydrogen-bond acceptors (Lipinski definition) is 7. The number of thioether (sulfide) groups is 1. The third kappa shape index (κ3) is 4.77. The highest BCUT2D eigenvalue weighted by Crippen LogP contribution is 2.30. The van der Waals surface area contributed by atoms with Crippen molar-refractivity contribution in [2.75, 3.05) is 5.32 Å². The summed E-state index contributed by atoms with van der Waals surface area (Å²) < 4.78 is 2.87. The predicted octanol–water partition coefficient (Wildman–Crippen LogP) is 4.60. The first-order valence-electron chi connectivity index (χ1n) is 7.56. The van der Waals surface area contributed by atoms with Crippen molar-refractivity contribution in [2.24, 2.45) is 5.73 Å². The van der Waals surface area contributed by atoms with Gasteiger partial charge in [-0.3, -0.25) is 9.59 Å². The van der Waals surface area contributed by atoms with Gasteiger partial charge in [0.25, 0.3) is 5.91 Å². The third-order valence-electron chi connectivity index (χ3n) is 3.41. The van der Waals surface area contributed by atoms with Crippen LogP contribution in [0, 0.1) is 3.95 Å².